The van der Waals surface area contributed by atoms with Gasteiger partial charge in [-0.1, -0.05) is 5.21 Å². The number of nitrogens with one attached hydrogen (secondary N) is 1. The fraction of sp³-hybridized carbons (Fsp3) is 0.833. The summed E-state index contributed by atoms with van der Waals surface area (Å²) in [5.41, 5.74) is 0.844. The Hall–Kier alpha value is -0.990. The molecular formula is C12H23N5O2S. The molecule has 1 atom stereocenters. The highest BCUT2D eigenvalue weighted by Gasteiger charge is 2.25. The van der Waals surface area contributed by atoms with Crippen LogP contribution in [0.3, 0.4) is 0 Å². The van der Waals surface area contributed by atoms with Crippen molar-refractivity contribution in [1.29, 1.82) is 0 Å². The quantitative estimate of drug-likeness (QED) is 0.856. The second-order valence-corrected chi connectivity index (χ2v) is 8.22. The minimum absolute atomic E-state index is 0.00246. The van der Waals surface area contributed by atoms with Gasteiger partial charge in [-0.2, -0.15) is 0 Å². The molecule has 1 N–H and O–H groups in total. The Bertz CT molecular complexity index is 561. The zero-order valence-corrected chi connectivity index (χ0v) is 13.3. The molecule has 7 nitrogen and oxygen atoms in total. The van der Waals surface area contributed by atoms with Gasteiger partial charge in [0.05, 0.1) is 23.7 Å². The Morgan fingerprint density at radius 1 is 1.45 bits per heavy atom. The van der Waals surface area contributed by atoms with Crippen LogP contribution in [-0.4, -0.2) is 53.7 Å². The van der Waals surface area contributed by atoms with Gasteiger partial charge in [-0.05, 0) is 27.2 Å². The first kappa shape index (κ1) is 15.4. The van der Waals surface area contributed by atoms with E-state index < -0.39 is 10.0 Å². The van der Waals surface area contributed by atoms with Gasteiger partial charge in [-0.25, -0.2) is 17.8 Å². The van der Waals surface area contributed by atoms with Crippen molar-refractivity contribution in [1.82, 2.24) is 24.6 Å². The summed E-state index contributed by atoms with van der Waals surface area (Å²) >= 11 is 0. The average Bonchev–Trinajstić information content (AvgIpc) is 2.85. The summed E-state index contributed by atoms with van der Waals surface area (Å²) in [5, 5.41) is 8.31. The van der Waals surface area contributed by atoms with Crippen LogP contribution in [0, 0.1) is 0 Å². The molecule has 0 amide bonds. The number of likely N-dealkylation sites (tertiary alicyclic amines) is 1. The van der Waals surface area contributed by atoms with Crippen molar-refractivity contribution in [2.24, 2.45) is 0 Å². The molecular weight excluding hydrogens is 278 g/mol. The van der Waals surface area contributed by atoms with E-state index in [4.69, 9.17) is 0 Å². The van der Waals surface area contributed by atoms with E-state index in [-0.39, 0.29) is 11.6 Å². The number of rotatable bonds is 4. The van der Waals surface area contributed by atoms with Crippen molar-refractivity contribution < 1.29 is 8.42 Å². The summed E-state index contributed by atoms with van der Waals surface area (Å²) in [6.07, 6.45) is 3.99. The molecule has 1 unspecified atom stereocenters. The van der Waals surface area contributed by atoms with Crippen LogP contribution in [0.15, 0.2) is 6.20 Å². The zero-order chi connectivity index (χ0) is 15.0. The molecule has 2 heterocycles. The van der Waals surface area contributed by atoms with E-state index >= 15 is 0 Å². The predicted octanol–water partition coefficient (Wildman–Crippen LogP) is 0.157. The largest absolute Gasteiger partial charge is 0.296 e. The van der Waals surface area contributed by atoms with Gasteiger partial charge in [0.1, 0.15) is 0 Å². The predicted molar refractivity (Wildman–Crippen MR) is 76.7 cm³/mol. The van der Waals surface area contributed by atoms with E-state index in [0.29, 0.717) is 6.54 Å². The molecule has 2 rings (SSSR count). The van der Waals surface area contributed by atoms with E-state index in [2.05, 4.69) is 40.7 Å². The van der Waals surface area contributed by atoms with Gasteiger partial charge in [0, 0.05) is 25.7 Å². The third-order valence-corrected chi connectivity index (χ3v) is 4.03. The van der Waals surface area contributed by atoms with Gasteiger partial charge in [-0.15, -0.1) is 5.10 Å². The first-order valence-corrected chi connectivity index (χ1v) is 8.64. The molecule has 8 heteroatoms. The summed E-state index contributed by atoms with van der Waals surface area (Å²) in [6, 6.07) is 0.00246. The molecule has 1 aromatic heterocycles. The second kappa shape index (κ2) is 5.42. The normalized spacial score (nSPS) is 21.5. The lowest BCUT2D eigenvalue weighted by molar-refractivity contribution is 0.320. The van der Waals surface area contributed by atoms with E-state index in [1.165, 1.54) is 6.26 Å². The first-order chi connectivity index (χ1) is 9.13. The maximum absolute atomic E-state index is 11.2. The Morgan fingerprint density at radius 2 is 2.15 bits per heavy atom. The molecule has 0 spiro atoms. The molecule has 1 saturated heterocycles. The summed E-state index contributed by atoms with van der Waals surface area (Å²) in [7, 11) is -3.13. The number of hydrogen-bond donors (Lipinski definition) is 1. The Labute approximate surface area is 120 Å². The van der Waals surface area contributed by atoms with Gasteiger partial charge < -0.3 is 0 Å². The van der Waals surface area contributed by atoms with Crippen LogP contribution in [0.5, 0.6) is 0 Å². The van der Waals surface area contributed by atoms with Crippen molar-refractivity contribution in [3.8, 4) is 0 Å². The average molecular weight is 301 g/mol. The fourth-order valence-electron chi connectivity index (χ4n) is 2.30. The van der Waals surface area contributed by atoms with Crippen LogP contribution in [0.25, 0.3) is 0 Å². The van der Waals surface area contributed by atoms with Crippen LogP contribution in [0.1, 0.15) is 32.9 Å². The van der Waals surface area contributed by atoms with Gasteiger partial charge in [0.25, 0.3) is 0 Å². The highest BCUT2D eigenvalue weighted by atomic mass is 32.2. The summed E-state index contributed by atoms with van der Waals surface area (Å²) in [4.78, 5) is 2.19. The Kier molecular flexibility index (Phi) is 4.17. The van der Waals surface area contributed by atoms with E-state index in [1.54, 1.807) is 0 Å². The van der Waals surface area contributed by atoms with Gasteiger partial charge >= 0.3 is 0 Å². The van der Waals surface area contributed by atoms with Gasteiger partial charge in [-0.3, -0.25) is 4.90 Å². The molecule has 1 aliphatic heterocycles. The number of hydrogen-bond acceptors (Lipinski definition) is 5. The van der Waals surface area contributed by atoms with Crippen molar-refractivity contribution >= 4 is 10.0 Å². The molecule has 1 aliphatic rings. The van der Waals surface area contributed by atoms with Crippen LogP contribution >= 0.6 is 0 Å². The molecule has 0 saturated carbocycles. The molecule has 114 valence electrons. The first-order valence-electron chi connectivity index (χ1n) is 6.75. The molecule has 0 bridgehead atoms. The summed E-state index contributed by atoms with van der Waals surface area (Å²) < 4.78 is 26.9. The van der Waals surface area contributed by atoms with Crippen molar-refractivity contribution in [2.45, 2.75) is 45.3 Å². The van der Waals surface area contributed by atoms with Crippen LogP contribution in [0.2, 0.25) is 0 Å². The minimum atomic E-state index is -3.13. The van der Waals surface area contributed by atoms with Gasteiger partial charge in [0.2, 0.25) is 10.0 Å². The number of aromatic nitrogens is 3. The van der Waals surface area contributed by atoms with Crippen LogP contribution < -0.4 is 4.72 Å². The van der Waals surface area contributed by atoms with Crippen molar-refractivity contribution in [3.63, 3.8) is 0 Å². The molecule has 1 fully saturated rings. The van der Waals surface area contributed by atoms with Crippen LogP contribution in [0.4, 0.5) is 0 Å². The summed E-state index contributed by atoms with van der Waals surface area (Å²) in [6.45, 7) is 8.52. The van der Waals surface area contributed by atoms with Crippen molar-refractivity contribution in [3.05, 3.63) is 11.9 Å². The summed E-state index contributed by atoms with van der Waals surface area (Å²) in [5.74, 6) is 0. The maximum atomic E-state index is 11.2. The molecule has 20 heavy (non-hydrogen) atoms. The topological polar surface area (TPSA) is 80.1 Å². The zero-order valence-electron chi connectivity index (χ0n) is 12.5. The number of sulfonamides is 1. The lowest BCUT2D eigenvalue weighted by atomic mass is 10.1. The SMILES string of the molecule is CC(C)(C)n1cc(CN2CCC(NS(C)(=O)=O)C2)nn1. The second-order valence-electron chi connectivity index (χ2n) is 6.44. The number of nitrogens with zero attached hydrogens (tertiary/aromatic N) is 4. The van der Waals surface area contributed by atoms with Crippen molar-refractivity contribution in [2.75, 3.05) is 19.3 Å². The van der Waals surface area contributed by atoms with E-state index in [9.17, 15) is 8.42 Å². The van der Waals surface area contributed by atoms with E-state index in [1.807, 2.05) is 10.9 Å². The Morgan fingerprint density at radius 3 is 2.70 bits per heavy atom. The molecule has 1 aromatic rings. The lowest BCUT2D eigenvalue weighted by Crippen LogP contribution is -2.36. The highest BCUT2D eigenvalue weighted by molar-refractivity contribution is 7.88. The third-order valence-electron chi connectivity index (χ3n) is 3.27. The minimum Gasteiger partial charge on any atom is -0.296 e. The monoisotopic (exact) mass is 301 g/mol. The van der Waals surface area contributed by atoms with Crippen LogP contribution in [-0.2, 0) is 22.1 Å². The molecule has 0 radical (unpaired) electrons. The fourth-order valence-corrected chi connectivity index (χ4v) is 3.10. The highest BCUT2D eigenvalue weighted by Crippen LogP contribution is 2.15. The standard InChI is InChI=1S/C12H23N5O2S/c1-12(2,3)17-9-11(13-15-17)8-16-6-5-10(7-16)14-20(4,18)19/h9-10,14H,5-8H2,1-4H3. The van der Waals surface area contributed by atoms with E-state index in [0.717, 1.165) is 25.2 Å². The maximum Gasteiger partial charge on any atom is 0.208 e. The third kappa shape index (κ3) is 4.26. The molecule has 0 aliphatic carbocycles. The lowest BCUT2D eigenvalue weighted by Gasteiger charge is -2.18. The Balaban J connectivity index is 1.91. The smallest absolute Gasteiger partial charge is 0.208 e. The molecule has 0 aromatic carbocycles. The van der Waals surface area contributed by atoms with Gasteiger partial charge in [0.15, 0.2) is 0 Å².